The molecule has 0 saturated carbocycles. The zero-order valence-electron chi connectivity index (χ0n) is 15.8. The summed E-state index contributed by atoms with van der Waals surface area (Å²) in [7, 11) is -1.72. The lowest BCUT2D eigenvalue weighted by Gasteiger charge is -2.27. The number of nitrogens with zero attached hydrogens (tertiary/aromatic N) is 1. The van der Waals surface area contributed by atoms with Crippen molar-refractivity contribution < 1.29 is 13.3 Å². The SMILES string of the molecule is CN1OCC(S(=O)(=O)NC(C)(C)C)C1c1ccc(C(C)(C)C)cc1. The Morgan fingerprint density at radius 3 is 2.08 bits per heavy atom. The molecule has 1 heterocycles. The van der Waals surface area contributed by atoms with Crippen molar-refractivity contribution in [2.75, 3.05) is 13.7 Å². The lowest BCUT2D eigenvalue weighted by atomic mass is 9.86. The molecule has 136 valence electrons. The van der Waals surface area contributed by atoms with E-state index in [2.05, 4.69) is 37.6 Å². The summed E-state index contributed by atoms with van der Waals surface area (Å²) < 4.78 is 28.3. The molecule has 6 heteroatoms. The molecule has 0 spiro atoms. The molecule has 1 fully saturated rings. The summed E-state index contributed by atoms with van der Waals surface area (Å²) in [5.41, 5.74) is 1.73. The average Bonchev–Trinajstić information content (AvgIpc) is 2.78. The summed E-state index contributed by atoms with van der Waals surface area (Å²) in [6, 6.07) is 7.84. The maximum atomic E-state index is 12.8. The van der Waals surface area contributed by atoms with Crippen LogP contribution in [0.3, 0.4) is 0 Å². The molecule has 1 aromatic carbocycles. The van der Waals surface area contributed by atoms with Gasteiger partial charge >= 0.3 is 0 Å². The Kier molecular flexibility index (Phi) is 5.17. The molecule has 0 aromatic heterocycles. The highest BCUT2D eigenvalue weighted by Gasteiger charge is 2.44. The number of hydroxylamine groups is 2. The van der Waals surface area contributed by atoms with E-state index in [4.69, 9.17) is 4.84 Å². The minimum absolute atomic E-state index is 0.0654. The van der Waals surface area contributed by atoms with Gasteiger partial charge in [-0.1, -0.05) is 45.0 Å². The van der Waals surface area contributed by atoms with Crippen LogP contribution in [0.2, 0.25) is 0 Å². The fourth-order valence-electron chi connectivity index (χ4n) is 2.96. The first-order valence-corrected chi connectivity index (χ1v) is 9.85. The molecule has 2 unspecified atom stereocenters. The lowest BCUT2D eigenvalue weighted by molar-refractivity contribution is -0.110. The van der Waals surface area contributed by atoms with Crippen molar-refractivity contribution in [2.24, 2.45) is 0 Å². The van der Waals surface area contributed by atoms with Crippen LogP contribution in [0.4, 0.5) is 0 Å². The van der Waals surface area contributed by atoms with Crippen LogP contribution >= 0.6 is 0 Å². The highest BCUT2D eigenvalue weighted by molar-refractivity contribution is 7.90. The van der Waals surface area contributed by atoms with Gasteiger partial charge in [-0.3, -0.25) is 4.84 Å². The Bertz CT molecular complexity index is 670. The van der Waals surface area contributed by atoms with Crippen LogP contribution in [0.25, 0.3) is 0 Å². The zero-order valence-corrected chi connectivity index (χ0v) is 16.6. The van der Waals surface area contributed by atoms with Crippen LogP contribution in [-0.4, -0.2) is 37.9 Å². The van der Waals surface area contributed by atoms with Gasteiger partial charge in [0, 0.05) is 12.6 Å². The third-order valence-electron chi connectivity index (χ3n) is 4.15. The summed E-state index contributed by atoms with van der Waals surface area (Å²) in [5.74, 6) is 0. The number of benzene rings is 1. The molecule has 1 saturated heterocycles. The van der Waals surface area contributed by atoms with Gasteiger partial charge in [-0.05, 0) is 37.3 Å². The highest BCUT2D eigenvalue weighted by Crippen LogP contribution is 2.34. The maximum absolute atomic E-state index is 12.8. The third kappa shape index (κ3) is 4.36. The molecule has 1 aromatic rings. The van der Waals surface area contributed by atoms with Crippen molar-refractivity contribution in [2.45, 2.75) is 63.8 Å². The topological polar surface area (TPSA) is 58.6 Å². The van der Waals surface area contributed by atoms with Gasteiger partial charge in [-0.25, -0.2) is 13.1 Å². The van der Waals surface area contributed by atoms with Crippen LogP contribution in [-0.2, 0) is 20.3 Å². The molecule has 0 amide bonds. The van der Waals surface area contributed by atoms with Gasteiger partial charge in [0.2, 0.25) is 10.0 Å². The Labute approximate surface area is 146 Å². The summed E-state index contributed by atoms with van der Waals surface area (Å²) in [4.78, 5) is 5.54. The van der Waals surface area contributed by atoms with Gasteiger partial charge in [0.1, 0.15) is 5.25 Å². The highest BCUT2D eigenvalue weighted by atomic mass is 32.2. The number of hydrogen-bond donors (Lipinski definition) is 1. The molecule has 0 aliphatic carbocycles. The molecule has 0 radical (unpaired) electrons. The van der Waals surface area contributed by atoms with Crippen LogP contribution in [0.15, 0.2) is 24.3 Å². The predicted molar refractivity (Wildman–Crippen MR) is 97.2 cm³/mol. The second-order valence-electron chi connectivity index (χ2n) is 8.59. The molecule has 1 aliphatic heterocycles. The maximum Gasteiger partial charge on any atom is 0.219 e. The Morgan fingerprint density at radius 2 is 1.62 bits per heavy atom. The quantitative estimate of drug-likeness (QED) is 0.906. The first kappa shape index (κ1) is 19.4. The van der Waals surface area contributed by atoms with Gasteiger partial charge in [0.15, 0.2) is 0 Å². The first-order valence-electron chi connectivity index (χ1n) is 8.30. The number of sulfonamides is 1. The molecule has 5 nitrogen and oxygen atoms in total. The minimum atomic E-state index is -3.50. The van der Waals surface area contributed by atoms with Gasteiger partial charge in [-0.2, -0.15) is 5.06 Å². The van der Waals surface area contributed by atoms with Crippen molar-refractivity contribution in [1.29, 1.82) is 0 Å². The third-order valence-corrected chi connectivity index (χ3v) is 6.24. The van der Waals surface area contributed by atoms with Gasteiger partial charge < -0.3 is 0 Å². The lowest BCUT2D eigenvalue weighted by Crippen LogP contribution is -2.47. The Hall–Kier alpha value is -0.950. The molecule has 1 aliphatic rings. The van der Waals surface area contributed by atoms with Crippen LogP contribution in [0.5, 0.6) is 0 Å². The van der Waals surface area contributed by atoms with Crippen molar-refractivity contribution in [3.63, 3.8) is 0 Å². The smallest absolute Gasteiger partial charge is 0.219 e. The Morgan fingerprint density at radius 1 is 1.08 bits per heavy atom. The fraction of sp³-hybridized carbons (Fsp3) is 0.667. The standard InChI is InChI=1S/C18H30N2O3S/c1-17(2,3)14-10-8-13(9-11-14)16-15(12-23-20(16)7)24(21,22)19-18(4,5)6/h8-11,15-16,19H,12H2,1-7H3. The van der Waals surface area contributed by atoms with E-state index in [-0.39, 0.29) is 18.1 Å². The van der Waals surface area contributed by atoms with Crippen LogP contribution in [0, 0.1) is 0 Å². The van der Waals surface area contributed by atoms with E-state index in [0.717, 1.165) is 5.56 Å². The van der Waals surface area contributed by atoms with Crippen molar-refractivity contribution >= 4 is 10.0 Å². The molecule has 24 heavy (non-hydrogen) atoms. The van der Waals surface area contributed by atoms with E-state index >= 15 is 0 Å². The second kappa shape index (κ2) is 6.41. The van der Waals surface area contributed by atoms with Crippen molar-refractivity contribution in [3.8, 4) is 0 Å². The molecule has 1 N–H and O–H groups in total. The first-order chi connectivity index (χ1) is 10.8. The van der Waals surface area contributed by atoms with Gasteiger partial charge in [-0.15, -0.1) is 0 Å². The minimum Gasteiger partial charge on any atom is -0.297 e. The molecule has 2 rings (SSSR count). The predicted octanol–water partition coefficient (Wildman–Crippen LogP) is 2.99. The second-order valence-corrected chi connectivity index (χ2v) is 10.5. The van der Waals surface area contributed by atoms with E-state index in [9.17, 15) is 8.42 Å². The number of hydrogen-bond acceptors (Lipinski definition) is 4. The normalized spacial score (nSPS) is 23.6. The summed E-state index contributed by atoms with van der Waals surface area (Å²) in [6.07, 6.45) is 0. The van der Waals surface area contributed by atoms with Gasteiger partial charge in [0.25, 0.3) is 0 Å². The van der Waals surface area contributed by atoms with Crippen LogP contribution in [0.1, 0.15) is 58.7 Å². The van der Waals surface area contributed by atoms with E-state index in [1.807, 2.05) is 32.9 Å². The largest absolute Gasteiger partial charge is 0.297 e. The summed E-state index contributed by atoms with van der Waals surface area (Å²) in [5, 5.41) is 1.01. The molecular weight excluding hydrogens is 324 g/mol. The van der Waals surface area contributed by atoms with Crippen molar-refractivity contribution in [3.05, 3.63) is 35.4 Å². The fourth-order valence-corrected chi connectivity index (χ4v) is 4.88. The monoisotopic (exact) mass is 354 g/mol. The van der Waals surface area contributed by atoms with Crippen molar-refractivity contribution in [1.82, 2.24) is 9.79 Å². The molecule has 2 atom stereocenters. The zero-order chi connectivity index (χ0) is 18.3. The van der Waals surface area contributed by atoms with Gasteiger partial charge in [0.05, 0.1) is 12.6 Å². The summed E-state index contributed by atoms with van der Waals surface area (Å²) >= 11 is 0. The van der Waals surface area contributed by atoms with Crippen LogP contribution < -0.4 is 4.72 Å². The van der Waals surface area contributed by atoms with E-state index in [1.54, 1.807) is 12.1 Å². The number of nitrogens with one attached hydrogen (secondary N) is 1. The summed E-state index contributed by atoms with van der Waals surface area (Å²) in [6.45, 7) is 12.2. The number of rotatable bonds is 3. The molecule has 0 bridgehead atoms. The van der Waals surface area contributed by atoms with E-state index < -0.39 is 20.8 Å². The van der Waals surface area contributed by atoms with E-state index in [1.165, 1.54) is 5.56 Å². The Balaban J connectivity index is 2.33. The average molecular weight is 355 g/mol. The van der Waals surface area contributed by atoms with E-state index in [0.29, 0.717) is 0 Å². The molecular formula is C18H30N2O3S.